The van der Waals surface area contributed by atoms with E-state index in [9.17, 15) is 43.2 Å². The van der Waals surface area contributed by atoms with Crippen LogP contribution in [0.5, 0.6) is 0 Å². The second-order valence-electron chi connectivity index (χ2n) is 31.1. The minimum Gasteiger partial charge on any atom is -0.462 e. The third kappa shape index (κ3) is 74.9. The average Bonchev–Trinajstić information content (AvgIpc) is 0.919. The molecule has 6 atom stereocenters. The number of unbranched alkanes of at least 4 members (excludes halogenated alkanes) is 48. The van der Waals surface area contributed by atoms with Gasteiger partial charge in [0.1, 0.15) is 19.3 Å². The van der Waals surface area contributed by atoms with Crippen LogP contribution in [0.15, 0.2) is 0 Å². The number of phosphoric acid groups is 2. The average molecular weight is 1490 g/mol. The lowest BCUT2D eigenvalue weighted by Gasteiger charge is -2.21. The molecular formula is C83H162O17P2. The van der Waals surface area contributed by atoms with E-state index in [2.05, 4.69) is 48.5 Å². The first-order chi connectivity index (χ1) is 49.3. The van der Waals surface area contributed by atoms with Crippen LogP contribution in [-0.4, -0.2) is 96.7 Å². The summed E-state index contributed by atoms with van der Waals surface area (Å²) < 4.78 is 68.8. The Morgan fingerprint density at radius 3 is 0.745 bits per heavy atom. The summed E-state index contributed by atoms with van der Waals surface area (Å²) in [6, 6.07) is 0. The Labute approximate surface area is 626 Å². The van der Waals surface area contributed by atoms with Crippen molar-refractivity contribution in [2.24, 2.45) is 17.8 Å². The van der Waals surface area contributed by atoms with E-state index in [1.54, 1.807) is 0 Å². The Hall–Kier alpha value is -1.94. The lowest BCUT2D eigenvalue weighted by Crippen LogP contribution is -2.30. The Bertz CT molecular complexity index is 1980. The molecule has 0 rings (SSSR count). The molecule has 0 aliphatic rings. The number of ether oxygens (including phenoxy) is 4. The van der Waals surface area contributed by atoms with Crippen molar-refractivity contribution in [2.45, 2.75) is 452 Å². The van der Waals surface area contributed by atoms with Crippen LogP contribution in [0.25, 0.3) is 0 Å². The van der Waals surface area contributed by atoms with Gasteiger partial charge in [-0.2, -0.15) is 0 Å². The van der Waals surface area contributed by atoms with Crippen LogP contribution in [-0.2, 0) is 65.4 Å². The zero-order valence-corrected chi connectivity index (χ0v) is 68.9. The van der Waals surface area contributed by atoms with E-state index < -0.39 is 97.5 Å². The highest BCUT2D eigenvalue weighted by Crippen LogP contribution is 2.45. The van der Waals surface area contributed by atoms with Crippen LogP contribution in [0.2, 0.25) is 0 Å². The largest absolute Gasteiger partial charge is 0.472 e. The molecule has 0 amide bonds. The summed E-state index contributed by atoms with van der Waals surface area (Å²) in [5.74, 6) is 0.183. The second kappa shape index (κ2) is 73.2. The van der Waals surface area contributed by atoms with Gasteiger partial charge in [-0.15, -0.1) is 0 Å². The normalized spacial score (nSPS) is 14.2. The highest BCUT2D eigenvalue weighted by Gasteiger charge is 2.30. The van der Waals surface area contributed by atoms with E-state index in [4.69, 9.17) is 37.0 Å². The van der Waals surface area contributed by atoms with Gasteiger partial charge in [-0.3, -0.25) is 37.3 Å². The number of hydrogen-bond acceptors (Lipinski definition) is 15. The highest BCUT2D eigenvalue weighted by atomic mass is 31.2. The number of carbonyl (C=O) groups is 4. The van der Waals surface area contributed by atoms with Crippen molar-refractivity contribution in [3.63, 3.8) is 0 Å². The molecule has 0 fully saturated rings. The molecule has 0 aliphatic carbocycles. The van der Waals surface area contributed by atoms with Crippen LogP contribution in [0.1, 0.15) is 434 Å². The molecule has 0 saturated heterocycles. The Morgan fingerprint density at radius 2 is 0.500 bits per heavy atom. The monoisotopic (exact) mass is 1490 g/mol. The summed E-state index contributed by atoms with van der Waals surface area (Å²) in [5, 5.41) is 10.6. The predicted molar refractivity (Wildman–Crippen MR) is 418 cm³/mol. The maximum Gasteiger partial charge on any atom is 0.472 e. The van der Waals surface area contributed by atoms with Crippen molar-refractivity contribution < 1.29 is 80.2 Å². The molecule has 0 aromatic heterocycles. The maximum absolute atomic E-state index is 13.1. The molecule has 0 aromatic rings. The quantitative estimate of drug-likeness (QED) is 0.0222. The number of rotatable bonds is 81. The lowest BCUT2D eigenvalue weighted by molar-refractivity contribution is -0.161. The number of aliphatic hydroxyl groups excluding tert-OH is 1. The summed E-state index contributed by atoms with van der Waals surface area (Å²) in [5.41, 5.74) is 0. The fourth-order valence-electron chi connectivity index (χ4n) is 12.8. The van der Waals surface area contributed by atoms with E-state index in [0.717, 1.165) is 108 Å². The van der Waals surface area contributed by atoms with Gasteiger partial charge in [-0.05, 0) is 43.4 Å². The number of carbonyl (C=O) groups excluding carboxylic acids is 4. The van der Waals surface area contributed by atoms with Crippen molar-refractivity contribution in [1.82, 2.24) is 0 Å². The zero-order chi connectivity index (χ0) is 75.1. The van der Waals surface area contributed by atoms with E-state index >= 15 is 0 Å². The van der Waals surface area contributed by atoms with Crippen LogP contribution in [0.3, 0.4) is 0 Å². The first-order valence-corrected chi connectivity index (χ1v) is 45.9. The number of esters is 4. The molecule has 17 nitrogen and oxygen atoms in total. The Balaban J connectivity index is 5.22. The predicted octanol–water partition coefficient (Wildman–Crippen LogP) is 24.9. The van der Waals surface area contributed by atoms with Gasteiger partial charge in [0, 0.05) is 25.7 Å². The second-order valence-corrected chi connectivity index (χ2v) is 34.0. The maximum atomic E-state index is 13.1. The van der Waals surface area contributed by atoms with Gasteiger partial charge in [0.15, 0.2) is 12.2 Å². The highest BCUT2D eigenvalue weighted by molar-refractivity contribution is 7.47. The van der Waals surface area contributed by atoms with Crippen molar-refractivity contribution in [2.75, 3.05) is 39.6 Å². The molecule has 0 heterocycles. The minimum atomic E-state index is -4.96. The van der Waals surface area contributed by atoms with Gasteiger partial charge in [0.05, 0.1) is 26.4 Å². The van der Waals surface area contributed by atoms with Gasteiger partial charge in [-0.25, -0.2) is 9.13 Å². The smallest absolute Gasteiger partial charge is 0.462 e. The Kier molecular flexibility index (Phi) is 71.8. The standard InChI is InChI=1S/C83H162O17P2/c1-8-10-11-12-13-14-15-16-17-18-19-20-21-22-23-24-29-32-35-45-52-59-66-82(87)99-78(70-93-80(85)64-57-50-43-34-31-28-26-25-27-30-33-40-47-54-61-74(3)4)72-97-101(89,90)95-68-77(84)69-96-102(91,92)98-73-79(71-94-81(86)65-58-51-44-38-36-41-48-55-62-75(5)6)100-83(88)67-60-53-46-39-37-42-49-56-63-76(7)9-2/h74-79,84H,8-73H2,1-7H3,(H,89,90)(H,91,92)/t76?,77-,78-,79-/m1/s1. The SMILES string of the molecule is CCCCCCCCCCCCCCCCCCCCCCCCC(=O)O[C@H](COC(=O)CCCCCCCCCCCCCCCCC(C)C)COP(=O)(O)OC[C@@H](O)COP(=O)(O)OC[C@@H](COC(=O)CCCCCCCCCCC(C)C)OC(=O)CCCCCCCCCCC(C)CC. The molecule has 0 saturated carbocycles. The van der Waals surface area contributed by atoms with E-state index in [0.29, 0.717) is 25.7 Å². The van der Waals surface area contributed by atoms with E-state index in [1.807, 2.05) is 0 Å². The molecule has 606 valence electrons. The third-order valence-corrected chi connectivity index (χ3v) is 21.6. The molecule has 102 heavy (non-hydrogen) atoms. The fraction of sp³-hybridized carbons (Fsp3) is 0.952. The first kappa shape index (κ1) is 100. The summed E-state index contributed by atoms with van der Waals surface area (Å²) in [6.07, 6.45) is 62.6. The summed E-state index contributed by atoms with van der Waals surface area (Å²) in [6.45, 7) is 11.9. The number of hydrogen-bond donors (Lipinski definition) is 3. The van der Waals surface area contributed by atoms with Gasteiger partial charge in [-0.1, -0.05) is 382 Å². The van der Waals surface area contributed by atoms with Gasteiger partial charge >= 0.3 is 39.5 Å². The third-order valence-electron chi connectivity index (χ3n) is 19.7. The van der Waals surface area contributed by atoms with Gasteiger partial charge in [0.2, 0.25) is 0 Å². The lowest BCUT2D eigenvalue weighted by atomic mass is 9.99. The van der Waals surface area contributed by atoms with Gasteiger partial charge < -0.3 is 33.8 Å². The molecule has 0 radical (unpaired) electrons. The molecule has 0 aromatic carbocycles. The molecule has 19 heteroatoms. The topological polar surface area (TPSA) is 237 Å². The van der Waals surface area contributed by atoms with Crippen molar-refractivity contribution >= 4 is 39.5 Å². The van der Waals surface area contributed by atoms with Crippen LogP contribution in [0, 0.1) is 17.8 Å². The van der Waals surface area contributed by atoms with Crippen molar-refractivity contribution in [1.29, 1.82) is 0 Å². The van der Waals surface area contributed by atoms with Crippen LogP contribution in [0.4, 0.5) is 0 Å². The minimum absolute atomic E-state index is 0.105. The molecular weight excluding hydrogens is 1330 g/mol. The molecule has 0 spiro atoms. The van der Waals surface area contributed by atoms with Crippen molar-refractivity contribution in [3.05, 3.63) is 0 Å². The summed E-state index contributed by atoms with van der Waals surface area (Å²) in [4.78, 5) is 73.1. The molecule has 0 aliphatic heterocycles. The Morgan fingerprint density at radius 1 is 0.284 bits per heavy atom. The van der Waals surface area contributed by atoms with Crippen LogP contribution < -0.4 is 0 Å². The molecule has 0 bridgehead atoms. The van der Waals surface area contributed by atoms with Gasteiger partial charge in [0.25, 0.3) is 0 Å². The zero-order valence-electron chi connectivity index (χ0n) is 67.1. The molecule has 3 unspecified atom stereocenters. The summed E-state index contributed by atoms with van der Waals surface area (Å²) in [7, 11) is -9.92. The molecule has 3 N–H and O–H groups in total. The number of phosphoric ester groups is 2. The van der Waals surface area contributed by atoms with E-state index in [-0.39, 0.29) is 25.7 Å². The first-order valence-electron chi connectivity index (χ1n) is 42.9. The van der Waals surface area contributed by atoms with Crippen molar-refractivity contribution in [3.8, 4) is 0 Å². The summed E-state index contributed by atoms with van der Waals surface area (Å²) >= 11 is 0. The van der Waals surface area contributed by atoms with Crippen LogP contribution >= 0.6 is 15.6 Å². The fourth-order valence-corrected chi connectivity index (χ4v) is 14.4. The number of aliphatic hydroxyl groups is 1. The van der Waals surface area contributed by atoms with E-state index in [1.165, 1.54) is 244 Å².